The van der Waals surface area contributed by atoms with E-state index >= 15 is 0 Å². The van der Waals surface area contributed by atoms with Gasteiger partial charge in [0.2, 0.25) is 0 Å². The Labute approximate surface area is 81.3 Å². The summed E-state index contributed by atoms with van der Waals surface area (Å²) in [6.45, 7) is 2.99. The zero-order valence-corrected chi connectivity index (χ0v) is 8.18. The van der Waals surface area contributed by atoms with Crippen molar-refractivity contribution in [1.29, 1.82) is 0 Å². The number of hydrogen-bond acceptors (Lipinski definition) is 4. The average Bonchev–Trinajstić information content (AvgIpc) is 2.66. The Bertz CT molecular complexity index is 307. The maximum atomic E-state index is 12.6. The Hall–Kier alpha value is -1.46. The smallest absolute Gasteiger partial charge is 0.137 e. The van der Waals surface area contributed by atoms with Crippen LogP contribution in [0.1, 0.15) is 13.8 Å². The summed E-state index contributed by atoms with van der Waals surface area (Å²) in [5.74, 6) is 0. The van der Waals surface area contributed by atoms with E-state index in [4.69, 9.17) is 5.21 Å². The Morgan fingerprint density at radius 1 is 1.64 bits per heavy atom. The van der Waals surface area contributed by atoms with Crippen LogP contribution in [0.25, 0.3) is 0 Å². The largest absolute Gasteiger partial charge is 0.411 e. The standard InChI is InChI=1S/C8H13FN4O/c1-8(2,4-9)7(12-14)3-13-6-10-5-11-13/h5-6,14H,3-4H2,1-2H3/b12-7-. The molecule has 0 aliphatic rings. The summed E-state index contributed by atoms with van der Waals surface area (Å²) in [6.07, 6.45) is 2.86. The van der Waals surface area contributed by atoms with Crippen molar-refractivity contribution in [3.63, 3.8) is 0 Å². The summed E-state index contributed by atoms with van der Waals surface area (Å²) in [5, 5.41) is 15.7. The Morgan fingerprint density at radius 3 is 2.79 bits per heavy atom. The quantitative estimate of drug-likeness (QED) is 0.449. The van der Waals surface area contributed by atoms with E-state index in [0.29, 0.717) is 5.71 Å². The molecule has 78 valence electrons. The van der Waals surface area contributed by atoms with Gasteiger partial charge in [-0.2, -0.15) is 5.10 Å². The molecule has 0 aliphatic heterocycles. The molecular formula is C8H13FN4O. The number of nitrogens with zero attached hydrogens (tertiary/aromatic N) is 4. The van der Waals surface area contributed by atoms with Gasteiger partial charge in [-0.15, -0.1) is 0 Å². The molecule has 0 aromatic carbocycles. The third-order valence-electron chi connectivity index (χ3n) is 2.01. The summed E-state index contributed by atoms with van der Waals surface area (Å²) in [7, 11) is 0. The molecule has 0 atom stereocenters. The molecule has 1 aromatic heterocycles. The highest BCUT2D eigenvalue weighted by molar-refractivity contribution is 5.88. The molecule has 0 fully saturated rings. The van der Waals surface area contributed by atoms with E-state index in [1.807, 2.05) is 0 Å². The van der Waals surface area contributed by atoms with Gasteiger partial charge in [-0.3, -0.25) is 4.39 Å². The van der Waals surface area contributed by atoms with Crippen LogP contribution in [0.2, 0.25) is 0 Å². The molecule has 1 aromatic rings. The van der Waals surface area contributed by atoms with Gasteiger partial charge in [0.05, 0.1) is 18.9 Å². The minimum atomic E-state index is -0.777. The zero-order chi connectivity index (χ0) is 10.6. The lowest BCUT2D eigenvalue weighted by molar-refractivity contribution is 0.287. The minimum Gasteiger partial charge on any atom is -0.411 e. The maximum absolute atomic E-state index is 12.6. The van der Waals surface area contributed by atoms with Crippen molar-refractivity contribution in [3.05, 3.63) is 12.7 Å². The molecule has 0 saturated heterocycles. The summed E-state index contributed by atoms with van der Waals surface area (Å²) in [4.78, 5) is 3.74. The van der Waals surface area contributed by atoms with Gasteiger partial charge in [0.1, 0.15) is 12.7 Å². The van der Waals surface area contributed by atoms with Crippen LogP contribution in [0.3, 0.4) is 0 Å². The molecule has 1 N–H and O–H groups in total. The minimum absolute atomic E-state index is 0.243. The van der Waals surface area contributed by atoms with Gasteiger partial charge in [0.25, 0.3) is 0 Å². The van der Waals surface area contributed by atoms with Gasteiger partial charge in [-0.05, 0) is 0 Å². The van der Waals surface area contributed by atoms with Crippen molar-refractivity contribution < 1.29 is 9.60 Å². The fraction of sp³-hybridized carbons (Fsp3) is 0.625. The van der Waals surface area contributed by atoms with Crippen molar-refractivity contribution >= 4 is 5.71 Å². The zero-order valence-electron chi connectivity index (χ0n) is 8.18. The first-order chi connectivity index (χ1) is 6.60. The second kappa shape index (κ2) is 4.17. The van der Waals surface area contributed by atoms with Crippen LogP contribution in [0.15, 0.2) is 17.8 Å². The third kappa shape index (κ3) is 2.27. The second-order valence-corrected chi connectivity index (χ2v) is 3.66. The highest BCUT2D eigenvalue weighted by atomic mass is 19.1. The van der Waals surface area contributed by atoms with Crippen molar-refractivity contribution in [2.75, 3.05) is 6.67 Å². The van der Waals surface area contributed by atoms with E-state index < -0.39 is 12.1 Å². The van der Waals surface area contributed by atoms with E-state index in [9.17, 15) is 4.39 Å². The fourth-order valence-electron chi connectivity index (χ4n) is 0.926. The number of alkyl halides is 1. The van der Waals surface area contributed by atoms with Crippen LogP contribution in [0.5, 0.6) is 0 Å². The van der Waals surface area contributed by atoms with Crippen molar-refractivity contribution in [3.8, 4) is 0 Å². The monoisotopic (exact) mass is 200 g/mol. The average molecular weight is 200 g/mol. The molecule has 6 heteroatoms. The molecule has 1 heterocycles. The molecule has 5 nitrogen and oxygen atoms in total. The van der Waals surface area contributed by atoms with E-state index in [1.165, 1.54) is 17.3 Å². The van der Waals surface area contributed by atoms with E-state index in [1.54, 1.807) is 13.8 Å². The van der Waals surface area contributed by atoms with Gasteiger partial charge in [-0.25, -0.2) is 9.67 Å². The predicted octanol–water partition coefficient (Wildman–Crippen LogP) is 1.10. The number of rotatable bonds is 4. The fourth-order valence-corrected chi connectivity index (χ4v) is 0.926. The summed E-state index contributed by atoms with van der Waals surface area (Å²) >= 11 is 0. The van der Waals surface area contributed by atoms with Crippen LogP contribution < -0.4 is 0 Å². The van der Waals surface area contributed by atoms with Crippen LogP contribution in [-0.4, -0.2) is 32.4 Å². The molecule has 0 amide bonds. The number of halogens is 1. The van der Waals surface area contributed by atoms with Gasteiger partial charge in [-0.1, -0.05) is 19.0 Å². The first-order valence-electron chi connectivity index (χ1n) is 4.20. The second-order valence-electron chi connectivity index (χ2n) is 3.66. The van der Waals surface area contributed by atoms with Crippen LogP contribution in [-0.2, 0) is 6.54 Å². The first kappa shape index (κ1) is 10.6. The molecule has 0 aliphatic carbocycles. The van der Waals surface area contributed by atoms with E-state index in [2.05, 4.69) is 15.2 Å². The summed E-state index contributed by atoms with van der Waals surface area (Å²) < 4.78 is 14.1. The lowest BCUT2D eigenvalue weighted by Gasteiger charge is -2.21. The van der Waals surface area contributed by atoms with E-state index in [-0.39, 0.29) is 6.54 Å². The Kier molecular flexibility index (Phi) is 3.16. The molecule has 0 radical (unpaired) electrons. The molecule has 1 rings (SSSR count). The molecular weight excluding hydrogens is 187 g/mol. The molecule has 14 heavy (non-hydrogen) atoms. The number of oxime groups is 1. The summed E-state index contributed by atoms with van der Waals surface area (Å²) in [6, 6.07) is 0. The molecule has 0 spiro atoms. The maximum Gasteiger partial charge on any atom is 0.137 e. The van der Waals surface area contributed by atoms with Crippen LogP contribution >= 0.6 is 0 Å². The topological polar surface area (TPSA) is 63.3 Å². The van der Waals surface area contributed by atoms with Crippen LogP contribution in [0, 0.1) is 5.41 Å². The third-order valence-corrected chi connectivity index (χ3v) is 2.01. The van der Waals surface area contributed by atoms with Gasteiger partial charge >= 0.3 is 0 Å². The molecule has 0 bridgehead atoms. The lowest BCUT2D eigenvalue weighted by Crippen LogP contribution is -2.30. The predicted molar refractivity (Wildman–Crippen MR) is 49.0 cm³/mol. The van der Waals surface area contributed by atoms with Crippen LogP contribution in [0.4, 0.5) is 4.39 Å². The Balaban J connectivity index is 2.75. The number of aromatic nitrogens is 3. The van der Waals surface area contributed by atoms with Gasteiger partial charge in [0.15, 0.2) is 0 Å². The normalized spacial score (nSPS) is 13.2. The SMILES string of the molecule is CC(C)(CF)/C(Cn1cncn1)=N\O. The van der Waals surface area contributed by atoms with E-state index in [0.717, 1.165) is 0 Å². The molecule has 0 unspecified atom stereocenters. The van der Waals surface area contributed by atoms with Crippen molar-refractivity contribution in [2.45, 2.75) is 20.4 Å². The Morgan fingerprint density at radius 2 is 2.36 bits per heavy atom. The van der Waals surface area contributed by atoms with Crippen molar-refractivity contribution in [2.24, 2.45) is 10.6 Å². The van der Waals surface area contributed by atoms with Gasteiger partial charge < -0.3 is 5.21 Å². The highest BCUT2D eigenvalue weighted by Crippen LogP contribution is 2.19. The van der Waals surface area contributed by atoms with Crippen molar-refractivity contribution in [1.82, 2.24) is 14.8 Å². The first-order valence-corrected chi connectivity index (χ1v) is 4.20. The van der Waals surface area contributed by atoms with Gasteiger partial charge in [0, 0.05) is 5.41 Å². The summed E-state index contributed by atoms with van der Waals surface area (Å²) in [5.41, 5.74) is -0.439. The lowest BCUT2D eigenvalue weighted by atomic mass is 9.89. The highest BCUT2D eigenvalue weighted by Gasteiger charge is 2.26. The molecule has 0 saturated carbocycles. The number of hydrogen-bond donors (Lipinski definition) is 1.